The van der Waals surface area contributed by atoms with Crippen molar-refractivity contribution in [2.75, 3.05) is 7.11 Å². The van der Waals surface area contributed by atoms with E-state index >= 15 is 0 Å². The molecule has 24 heavy (non-hydrogen) atoms. The summed E-state index contributed by atoms with van der Waals surface area (Å²) in [6, 6.07) is 10.5. The fourth-order valence-corrected chi connectivity index (χ4v) is 2.58. The van der Waals surface area contributed by atoms with Crippen LogP contribution < -0.4 is 5.32 Å². The van der Waals surface area contributed by atoms with Gasteiger partial charge in [0.15, 0.2) is 0 Å². The molecule has 1 N–H and O–H groups in total. The zero-order valence-electron chi connectivity index (χ0n) is 13.9. The zero-order chi connectivity index (χ0) is 17.7. The molecule has 0 aliphatic heterocycles. The van der Waals surface area contributed by atoms with Crippen LogP contribution in [0.15, 0.2) is 42.5 Å². The standard InChI is InChI=1S/C19H20FNO3/c1-12-7-13(2)9-15(8-12)18(22)21-17(19(23)24-3)11-14-5-4-6-16(20)10-14/h4-10,17H,11H2,1-3H3,(H,21,22)/t17-/m1/s1. The van der Waals surface area contributed by atoms with Crippen molar-refractivity contribution in [3.63, 3.8) is 0 Å². The molecule has 126 valence electrons. The smallest absolute Gasteiger partial charge is 0.328 e. The van der Waals surface area contributed by atoms with Crippen molar-refractivity contribution in [1.29, 1.82) is 0 Å². The summed E-state index contributed by atoms with van der Waals surface area (Å²) in [6.07, 6.45) is 0.154. The molecule has 5 heteroatoms. The average Bonchev–Trinajstić information content (AvgIpc) is 2.52. The first-order valence-corrected chi connectivity index (χ1v) is 7.60. The lowest BCUT2D eigenvalue weighted by Crippen LogP contribution is -2.43. The summed E-state index contributed by atoms with van der Waals surface area (Å²) in [6.45, 7) is 3.79. The Hall–Kier alpha value is -2.69. The van der Waals surface area contributed by atoms with Crippen LogP contribution in [0, 0.1) is 19.7 Å². The predicted octanol–water partition coefficient (Wildman–Crippen LogP) is 2.96. The Kier molecular flexibility index (Phi) is 5.68. The Bertz CT molecular complexity index is 738. The number of rotatable bonds is 5. The van der Waals surface area contributed by atoms with Gasteiger partial charge in [0.1, 0.15) is 11.9 Å². The highest BCUT2D eigenvalue weighted by Gasteiger charge is 2.23. The van der Waals surface area contributed by atoms with E-state index in [1.807, 2.05) is 19.9 Å². The second-order valence-electron chi connectivity index (χ2n) is 5.76. The van der Waals surface area contributed by atoms with Crippen LogP contribution >= 0.6 is 0 Å². The maximum atomic E-state index is 13.3. The monoisotopic (exact) mass is 329 g/mol. The van der Waals surface area contributed by atoms with E-state index in [1.165, 1.54) is 19.2 Å². The number of hydrogen-bond donors (Lipinski definition) is 1. The van der Waals surface area contributed by atoms with Gasteiger partial charge >= 0.3 is 5.97 Å². The lowest BCUT2D eigenvalue weighted by molar-refractivity contribution is -0.142. The van der Waals surface area contributed by atoms with E-state index in [4.69, 9.17) is 4.74 Å². The highest BCUT2D eigenvalue weighted by atomic mass is 19.1. The van der Waals surface area contributed by atoms with Gasteiger partial charge in [-0.2, -0.15) is 0 Å². The van der Waals surface area contributed by atoms with Crippen LogP contribution in [-0.2, 0) is 16.0 Å². The number of carbonyl (C=O) groups excluding carboxylic acids is 2. The number of aryl methyl sites for hydroxylation is 2. The fraction of sp³-hybridized carbons (Fsp3) is 0.263. The van der Waals surface area contributed by atoms with Gasteiger partial charge in [0, 0.05) is 12.0 Å². The van der Waals surface area contributed by atoms with E-state index in [2.05, 4.69) is 5.32 Å². The first-order chi connectivity index (χ1) is 11.4. The Balaban J connectivity index is 2.19. The molecule has 0 bridgehead atoms. The van der Waals surface area contributed by atoms with Crippen LogP contribution in [0.5, 0.6) is 0 Å². The summed E-state index contributed by atoms with van der Waals surface area (Å²) in [5.41, 5.74) is 2.99. The third-order valence-corrected chi connectivity index (χ3v) is 3.60. The molecule has 0 aromatic heterocycles. The molecule has 0 aliphatic carbocycles. The molecule has 0 aliphatic rings. The molecule has 0 saturated heterocycles. The van der Waals surface area contributed by atoms with E-state index in [1.54, 1.807) is 24.3 Å². The second-order valence-corrected chi connectivity index (χ2v) is 5.76. The van der Waals surface area contributed by atoms with E-state index in [0.29, 0.717) is 11.1 Å². The Labute approximate surface area is 140 Å². The molecular formula is C19H20FNO3. The minimum Gasteiger partial charge on any atom is -0.467 e. The fourth-order valence-electron chi connectivity index (χ4n) is 2.58. The number of nitrogens with one attached hydrogen (secondary N) is 1. The van der Waals surface area contributed by atoms with E-state index in [-0.39, 0.29) is 12.3 Å². The number of methoxy groups -OCH3 is 1. The number of ether oxygens (including phenoxy) is 1. The van der Waals surface area contributed by atoms with Crippen LogP contribution in [0.3, 0.4) is 0 Å². The van der Waals surface area contributed by atoms with Gasteiger partial charge in [-0.1, -0.05) is 29.3 Å². The molecule has 2 aromatic carbocycles. The minimum atomic E-state index is -0.884. The summed E-state index contributed by atoms with van der Waals surface area (Å²) in [4.78, 5) is 24.4. The van der Waals surface area contributed by atoms with Crippen LogP contribution in [0.4, 0.5) is 4.39 Å². The number of halogens is 1. The van der Waals surface area contributed by atoms with Crippen molar-refractivity contribution in [1.82, 2.24) is 5.32 Å². The number of hydrogen-bond acceptors (Lipinski definition) is 3. The van der Waals surface area contributed by atoms with Crippen molar-refractivity contribution < 1.29 is 18.7 Å². The highest BCUT2D eigenvalue weighted by Crippen LogP contribution is 2.11. The van der Waals surface area contributed by atoms with Gasteiger partial charge in [-0.25, -0.2) is 9.18 Å². The first-order valence-electron chi connectivity index (χ1n) is 7.60. The summed E-state index contributed by atoms with van der Waals surface area (Å²) in [7, 11) is 1.25. The van der Waals surface area contributed by atoms with E-state index in [0.717, 1.165) is 11.1 Å². The third kappa shape index (κ3) is 4.65. The molecule has 0 heterocycles. The Morgan fingerprint density at radius 3 is 2.38 bits per heavy atom. The molecule has 2 aromatic rings. The van der Waals surface area contributed by atoms with Gasteiger partial charge in [0.25, 0.3) is 5.91 Å². The van der Waals surface area contributed by atoms with Crippen molar-refractivity contribution in [2.24, 2.45) is 0 Å². The second kappa shape index (κ2) is 7.73. The maximum Gasteiger partial charge on any atom is 0.328 e. The normalized spacial score (nSPS) is 11.7. The largest absolute Gasteiger partial charge is 0.467 e. The van der Waals surface area contributed by atoms with Crippen molar-refractivity contribution in [2.45, 2.75) is 26.3 Å². The zero-order valence-corrected chi connectivity index (χ0v) is 13.9. The van der Waals surface area contributed by atoms with Gasteiger partial charge in [-0.15, -0.1) is 0 Å². The average molecular weight is 329 g/mol. The van der Waals surface area contributed by atoms with Crippen LogP contribution in [0.1, 0.15) is 27.0 Å². The van der Waals surface area contributed by atoms with E-state index < -0.39 is 17.8 Å². The summed E-state index contributed by atoms with van der Waals surface area (Å²) in [5, 5.41) is 2.67. The van der Waals surface area contributed by atoms with Gasteiger partial charge in [-0.05, 0) is 43.7 Å². The van der Waals surface area contributed by atoms with Crippen LogP contribution in [0.25, 0.3) is 0 Å². The molecule has 0 fully saturated rings. The number of esters is 1. The minimum absolute atomic E-state index is 0.154. The quantitative estimate of drug-likeness (QED) is 0.858. The maximum absolute atomic E-state index is 13.3. The molecule has 1 atom stereocenters. The Morgan fingerprint density at radius 1 is 1.12 bits per heavy atom. The third-order valence-electron chi connectivity index (χ3n) is 3.60. The number of benzene rings is 2. The van der Waals surface area contributed by atoms with Crippen LogP contribution in [-0.4, -0.2) is 25.0 Å². The van der Waals surface area contributed by atoms with Gasteiger partial charge in [-0.3, -0.25) is 4.79 Å². The number of carbonyl (C=O) groups is 2. The van der Waals surface area contributed by atoms with Gasteiger partial charge in [0.2, 0.25) is 0 Å². The first kappa shape index (κ1) is 17.7. The van der Waals surface area contributed by atoms with Gasteiger partial charge in [0.05, 0.1) is 7.11 Å². The van der Waals surface area contributed by atoms with Crippen molar-refractivity contribution in [3.05, 3.63) is 70.5 Å². The van der Waals surface area contributed by atoms with Crippen LogP contribution in [0.2, 0.25) is 0 Å². The predicted molar refractivity (Wildman–Crippen MR) is 89.3 cm³/mol. The van der Waals surface area contributed by atoms with Crippen molar-refractivity contribution >= 4 is 11.9 Å². The van der Waals surface area contributed by atoms with Gasteiger partial charge < -0.3 is 10.1 Å². The molecular weight excluding hydrogens is 309 g/mol. The van der Waals surface area contributed by atoms with Crippen molar-refractivity contribution in [3.8, 4) is 0 Å². The Morgan fingerprint density at radius 2 is 1.79 bits per heavy atom. The molecule has 0 spiro atoms. The summed E-state index contributed by atoms with van der Waals surface area (Å²) >= 11 is 0. The number of amides is 1. The lowest BCUT2D eigenvalue weighted by atomic mass is 10.0. The molecule has 1 amide bonds. The topological polar surface area (TPSA) is 55.4 Å². The molecule has 0 saturated carbocycles. The lowest BCUT2D eigenvalue weighted by Gasteiger charge is -2.17. The summed E-state index contributed by atoms with van der Waals surface area (Å²) in [5.74, 6) is -1.33. The molecule has 4 nitrogen and oxygen atoms in total. The highest BCUT2D eigenvalue weighted by molar-refractivity contribution is 5.97. The SMILES string of the molecule is COC(=O)[C@@H](Cc1cccc(F)c1)NC(=O)c1cc(C)cc(C)c1. The summed E-state index contributed by atoms with van der Waals surface area (Å²) < 4.78 is 18.1. The molecule has 0 radical (unpaired) electrons. The van der Waals surface area contributed by atoms with E-state index in [9.17, 15) is 14.0 Å². The molecule has 0 unspecified atom stereocenters. The molecule has 2 rings (SSSR count).